The third kappa shape index (κ3) is 7.26. The van der Waals surface area contributed by atoms with Gasteiger partial charge in [-0.15, -0.1) is 0 Å². The number of hydrogen-bond acceptors (Lipinski definition) is 4. The molecule has 7 nitrogen and oxygen atoms in total. The van der Waals surface area contributed by atoms with Crippen LogP contribution in [0, 0.1) is 17.3 Å². The molecule has 3 N–H and O–H groups in total. The van der Waals surface area contributed by atoms with Crippen molar-refractivity contribution in [2.45, 2.75) is 73.5 Å². The lowest BCUT2D eigenvalue weighted by Crippen LogP contribution is -2.59. The summed E-state index contributed by atoms with van der Waals surface area (Å²) in [6.07, 6.45) is 1.59. The largest absolute Gasteiger partial charge is 0.478 e. The SMILES string of the molecule is CN[C@H](C(=O)NC(C(=O)N(C)[C@H](/C=C(\C)C(=O)O)C(C)C)C(C)(C)C)C(C)C. The normalized spacial score (nSPS) is 15.9. The summed E-state index contributed by atoms with van der Waals surface area (Å²) in [6.45, 7) is 15.0. The van der Waals surface area contributed by atoms with Gasteiger partial charge in [-0.3, -0.25) is 9.59 Å². The van der Waals surface area contributed by atoms with Crippen molar-refractivity contribution < 1.29 is 19.5 Å². The van der Waals surface area contributed by atoms with E-state index in [1.807, 2.05) is 48.5 Å². The number of aliphatic carboxylic acids is 1. The molecule has 0 rings (SSSR count). The van der Waals surface area contributed by atoms with Crippen molar-refractivity contribution in [3.63, 3.8) is 0 Å². The fraction of sp³-hybridized carbons (Fsp3) is 0.762. The molecule has 0 spiro atoms. The van der Waals surface area contributed by atoms with Crippen LogP contribution in [0.1, 0.15) is 55.4 Å². The molecule has 3 atom stereocenters. The highest BCUT2D eigenvalue weighted by Crippen LogP contribution is 2.24. The van der Waals surface area contributed by atoms with E-state index in [1.54, 1.807) is 20.2 Å². The van der Waals surface area contributed by atoms with Gasteiger partial charge in [0.2, 0.25) is 11.8 Å². The maximum Gasteiger partial charge on any atom is 0.331 e. The van der Waals surface area contributed by atoms with Crippen LogP contribution in [0.2, 0.25) is 0 Å². The van der Waals surface area contributed by atoms with Crippen molar-refractivity contribution in [2.24, 2.45) is 17.3 Å². The van der Waals surface area contributed by atoms with Gasteiger partial charge >= 0.3 is 5.97 Å². The minimum absolute atomic E-state index is 0.0142. The van der Waals surface area contributed by atoms with Crippen LogP contribution in [0.15, 0.2) is 11.6 Å². The van der Waals surface area contributed by atoms with Crippen LogP contribution in [-0.2, 0) is 14.4 Å². The maximum atomic E-state index is 13.3. The van der Waals surface area contributed by atoms with E-state index in [0.717, 1.165) is 0 Å². The van der Waals surface area contributed by atoms with Crippen molar-refractivity contribution in [2.75, 3.05) is 14.1 Å². The third-order valence-electron chi connectivity index (χ3n) is 4.90. The second-order valence-electron chi connectivity index (χ2n) is 9.16. The summed E-state index contributed by atoms with van der Waals surface area (Å²) in [7, 11) is 3.38. The van der Waals surface area contributed by atoms with Crippen LogP contribution in [0.4, 0.5) is 0 Å². The molecule has 28 heavy (non-hydrogen) atoms. The zero-order chi connectivity index (χ0) is 22.4. The highest BCUT2D eigenvalue weighted by Gasteiger charge is 2.38. The highest BCUT2D eigenvalue weighted by atomic mass is 16.4. The third-order valence-corrected chi connectivity index (χ3v) is 4.90. The van der Waals surface area contributed by atoms with Crippen LogP contribution < -0.4 is 10.6 Å². The number of hydrogen-bond donors (Lipinski definition) is 3. The molecule has 0 aromatic heterocycles. The molecule has 0 radical (unpaired) electrons. The van der Waals surface area contributed by atoms with Gasteiger partial charge in [0.05, 0.1) is 12.1 Å². The van der Waals surface area contributed by atoms with Gasteiger partial charge in [-0.05, 0) is 31.2 Å². The molecule has 1 unspecified atom stereocenters. The Kier molecular flexibility index (Phi) is 9.88. The van der Waals surface area contributed by atoms with E-state index >= 15 is 0 Å². The number of rotatable bonds is 9. The molecule has 7 heteroatoms. The van der Waals surface area contributed by atoms with Gasteiger partial charge in [0.15, 0.2) is 0 Å². The number of carboxylic acid groups (broad SMARTS) is 1. The standard InChI is InChI=1S/C21H39N3O4/c1-12(2)15(11-14(5)20(27)28)24(10)19(26)17(21(6,7)8)23-18(25)16(22-9)13(3)4/h11-13,15-17,22H,1-10H3,(H,23,25)(H,27,28)/b14-11+/t15-,16+,17?/m1/s1. The minimum atomic E-state index is -1.01. The Bertz CT molecular complexity index is 591. The summed E-state index contributed by atoms with van der Waals surface area (Å²) < 4.78 is 0. The number of nitrogens with one attached hydrogen (secondary N) is 2. The Morgan fingerprint density at radius 2 is 1.54 bits per heavy atom. The van der Waals surface area contributed by atoms with Crippen LogP contribution in [-0.4, -0.2) is 60.0 Å². The number of carbonyl (C=O) groups excluding carboxylic acids is 2. The van der Waals surface area contributed by atoms with E-state index in [0.29, 0.717) is 0 Å². The van der Waals surface area contributed by atoms with Gasteiger partial charge < -0.3 is 20.6 Å². The van der Waals surface area contributed by atoms with Gasteiger partial charge in [-0.25, -0.2) is 4.79 Å². The zero-order valence-electron chi connectivity index (χ0n) is 19.1. The number of amides is 2. The van der Waals surface area contributed by atoms with Crippen LogP contribution >= 0.6 is 0 Å². The van der Waals surface area contributed by atoms with E-state index < -0.39 is 29.5 Å². The second kappa shape index (κ2) is 10.6. The molecule has 2 amide bonds. The molecule has 0 saturated heterocycles. The average Bonchev–Trinajstić information content (AvgIpc) is 2.54. The Hall–Kier alpha value is -1.89. The highest BCUT2D eigenvalue weighted by molar-refractivity contribution is 5.91. The predicted octanol–water partition coefficient (Wildman–Crippen LogP) is 2.28. The number of carboxylic acids is 1. The van der Waals surface area contributed by atoms with Crippen LogP contribution in [0.5, 0.6) is 0 Å². The first-order chi connectivity index (χ1) is 12.6. The summed E-state index contributed by atoms with van der Waals surface area (Å²) in [6, 6.07) is -1.53. The van der Waals surface area contributed by atoms with E-state index in [4.69, 9.17) is 0 Å². The summed E-state index contributed by atoms with van der Waals surface area (Å²) in [5.74, 6) is -1.39. The molecule has 0 heterocycles. The summed E-state index contributed by atoms with van der Waals surface area (Å²) in [5.41, 5.74) is -0.326. The van der Waals surface area contributed by atoms with Crippen molar-refractivity contribution in [3.8, 4) is 0 Å². The van der Waals surface area contributed by atoms with E-state index in [1.165, 1.54) is 11.8 Å². The average molecular weight is 398 g/mol. The van der Waals surface area contributed by atoms with Crippen LogP contribution in [0.3, 0.4) is 0 Å². The molecule has 0 fully saturated rings. The molecule has 0 aliphatic rings. The minimum Gasteiger partial charge on any atom is -0.478 e. The molecule has 0 saturated carbocycles. The van der Waals surface area contributed by atoms with E-state index in [9.17, 15) is 19.5 Å². The summed E-state index contributed by atoms with van der Waals surface area (Å²) in [5, 5.41) is 15.1. The van der Waals surface area contributed by atoms with Gasteiger partial charge in [0.1, 0.15) is 6.04 Å². The predicted molar refractivity (Wildman–Crippen MR) is 112 cm³/mol. The molecule has 0 aliphatic carbocycles. The lowest BCUT2D eigenvalue weighted by molar-refractivity contribution is -0.140. The fourth-order valence-electron chi connectivity index (χ4n) is 3.08. The number of nitrogens with zero attached hydrogens (tertiary/aromatic N) is 1. The monoisotopic (exact) mass is 397 g/mol. The smallest absolute Gasteiger partial charge is 0.331 e. The molecular weight excluding hydrogens is 358 g/mol. The Morgan fingerprint density at radius 3 is 1.86 bits per heavy atom. The number of carbonyl (C=O) groups is 3. The first-order valence-corrected chi connectivity index (χ1v) is 9.81. The molecule has 0 bridgehead atoms. The molecule has 0 aliphatic heterocycles. The lowest BCUT2D eigenvalue weighted by Gasteiger charge is -2.38. The lowest BCUT2D eigenvalue weighted by atomic mass is 9.84. The zero-order valence-corrected chi connectivity index (χ0v) is 19.1. The topological polar surface area (TPSA) is 98.7 Å². The molecule has 162 valence electrons. The Labute approximate surface area is 169 Å². The van der Waals surface area contributed by atoms with Gasteiger partial charge in [0, 0.05) is 12.6 Å². The van der Waals surface area contributed by atoms with Gasteiger partial charge in [-0.1, -0.05) is 54.5 Å². The van der Waals surface area contributed by atoms with E-state index in [2.05, 4.69) is 10.6 Å². The Balaban J connectivity index is 5.80. The van der Waals surface area contributed by atoms with Gasteiger partial charge in [-0.2, -0.15) is 0 Å². The quantitative estimate of drug-likeness (QED) is 0.519. The van der Waals surface area contributed by atoms with Crippen molar-refractivity contribution in [3.05, 3.63) is 11.6 Å². The summed E-state index contributed by atoms with van der Waals surface area (Å²) >= 11 is 0. The number of likely N-dealkylation sites (N-methyl/N-ethyl adjacent to an activating group) is 2. The van der Waals surface area contributed by atoms with Crippen molar-refractivity contribution in [1.82, 2.24) is 15.5 Å². The summed E-state index contributed by atoms with van der Waals surface area (Å²) in [4.78, 5) is 38.8. The van der Waals surface area contributed by atoms with Gasteiger partial charge in [0.25, 0.3) is 0 Å². The molecule has 0 aromatic rings. The molecule has 0 aromatic carbocycles. The Morgan fingerprint density at radius 1 is 1.04 bits per heavy atom. The molecular formula is C21H39N3O4. The van der Waals surface area contributed by atoms with Crippen molar-refractivity contribution >= 4 is 17.8 Å². The second-order valence-corrected chi connectivity index (χ2v) is 9.16. The van der Waals surface area contributed by atoms with Crippen LogP contribution in [0.25, 0.3) is 0 Å². The first kappa shape index (κ1) is 26.1. The fourth-order valence-corrected chi connectivity index (χ4v) is 3.08. The maximum absolute atomic E-state index is 13.3. The van der Waals surface area contributed by atoms with Crippen molar-refractivity contribution in [1.29, 1.82) is 0 Å². The van der Waals surface area contributed by atoms with E-state index in [-0.39, 0.29) is 29.2 Å². The first-order valence-electron chi connectivity index (χ1n) is 9.81.